The number of nitrogens with zero attached hydrogens (tertiary/aromatic N) is 1. The minimum absolute atomic E-state index is 0.0901. The van der Waals surface area contributed by atoms with Gasteiger partial charge in [-0.2, -0.15) is 0 Å². The molecule has 0 saturated carbocycles. The van der Waals surface area contributed by atoms with E-state index >= 15 is 0 Å². The summed E-state index contributed by atoms with van der Waals surface area (Å²) in [6, 6.07) is 3.95. The number of carbonyl (C=O) groups is 1. The van der Waals surface area contributed by atoms with Crippen molar-refractivity contribution in [2.75, 3.05) is 6.54 Å². The molecule has 0 aromatic carbocycles. The standard InChI is InChI=1S/C16H28N2O2/c1-11(2)14(19)16(5,6)10-17-15(20)13-8-7-9-18(13)12(3)4/h7-9,11-12,14,19H,10H2,1-6H3,(H,17,20). The van der Waals surface area contributed by atoms with Crippen LogP contribution in [-0.2, 0) is 0 Å². The third-order valence-corrected chi connectivity index (χ3v) is 3.70. The van der Waals surface area contributed by atoms with Gasteiger partial charge < -0.3 is 15.0 Å². The molecule has 0 saturated heterocycles. The SMILES string of the molecule is CC(C)C(O)C(C)(C)CNC(=O)c1cccn1C(C)C. The van der Waals surface area contributed by atoms with Gasteiger partial charge in [-0.3, -0.25) is 4.79 Å². The van der Waals surface area contributed by atoms with Crippen LogP contribution in [0, 0.1) is 11.3 Å². The fraction of sp³-hybridized carbons (Fsp3) is 0.688. The van der Waals surface area contributed by atoms with Crippen LogP contribution in [0.2, 0.25) is 0 Å². The lowest BCUT2D eigenvalue weighted by Crippen LogP contribution is -2.43. The molecule has 1 rings (SSSR count). The number of rotatable bonds is 6. The van der Waals surface area contributed by atoms with Crippen molar-refractivity contribution in [3.05, 3.63) is 24.0 Å². The second-order valence-corrected chi connectivity index (χ2v) is 6.75. The molecule has 1 unspecified atom stereocenters. The smallest absolute Gasteiger partial charge is 0.267 e. The number of hydrogen-bond acceptors (Lipinski definition) is 2. The van der Waals surface area contributed by atoms with Crippen molar-refractivity contribution in [3.8, 4) is 0 Å². The number of aromatic nitrogens is 1. The van der Waals surface area contributed by atoms with Crippen molar-refractivity contribution < 1.29 is 9.90 Å². The number of carbonyl (C=O) groups excluding carboxylic acids is 1. The Morgan fingerprint density at radius 3 is 2.45 bits per heavy atom. The molecule has 1 atom stereocenters. The predicted octanol–water partition coefficient (Wildman–Crippen LogP) is 2.84. The van der Waals surface area contributed by atoms with Crippen LogP contribution < -0.4 is 5.32 Å². The average molecular weight is 280 g/mol. The van der Waals surface area contributed by atoms with Crippen LogP contribution in [-0.4, -0.2) is 28.2 Å². The molecule has 0 fully saturated rings. The van der Waals surface area contributed by atoms with Crippen LogP contribution in [0.5, 0.6) is 0 Å². The maximum Gasteiger partial charge on any atom is 0.267 e. The van der Waals surface area contributed by atoms with Crippen molar-refractivity contribution in [2.24, 2.45) is 11.3 Å². The Morgan fingerprint density at radius 2 is 1.95 bits per heavy atom. The van der Waals surface area contributed by atoms with Gasteiger partial charge in [0.05, 0.1) is 6.10 Å². The highest BCUT2D eigenvalue weighted by molar-refractivity contribution is 5.92. The fourth-order valence-corrected chi connectivity index (χ4v) is 2.44. The van der Waals surface area contributed by atoms with Crippen LogP contribution in [0.4, 0.5) is 0 Å². The van der Waals surface area contributed by atoms with E-state index in [-0.39, 0.29) is 23.3 Å². The normalized spacial score (nSPS) is 13.8. The van der Waals surface area contributed by atoms with E-state index < -0.39 is 6.10 Å². The van der Waals surface area contributed by atoms with E-state index in [4.69, 9.17) is 0 Å². The van der Waals surface area contributed by atoms with Gasteiger partial charge in [0.15, 0.2) is 0 Å². The van der Waals surface area contributed by atoms with Gasteiger partial charge in [0, 0.05) is 24.2 Å². The molecule has 4 nitrogen and oxygen atoms in total. The van der Waals surface area contributed by atoms with Crippen LogP contribution in [0.1, 0.15) is 58.1 Å². The van der Waals surface area contributed by atoms with E-state index in [0.717, 1.165) is 0 Å². The van der Waals surface area contributed by atoms with E-state index in [2.05, 4.69) is 5.32 Å². The third kappa shape index (κ3) is 3.85. The van der Waals surface area contributed by atoms with Gasteiger partial charge in [-0.15, -0.1) is 0 Å². The van der Waals surface area contributed by atoms with E-state index in [9.17, 15) is 9.90 Å². The highest BCUT2D eigenvalue weighted by Gasteiger charge is 2.30. The fourth-order valence-electron chi connectivity index (χ4n) is 2.44. The van der Waals surface area contributed by atoms with Gasteiger partial charge in [0.1, 0.15) is 5.69 Å². The minimum Gasteiger partial charge on any atom is -0.392 e. The van der Waals surface area contributed by atoms with E-state index in [0.29, 0.717) is 12.2 Å². The molecule has 0 radical (unpaired) electrons. The molecule has 1 amide bonds. The maximum absolute atomic E-state index is 12.3. The first-order valence-corrected chi connectivity index (χ1v) is 7.30. The Balaban J connectivity index is 2.70. The molecular weight excluding hydrogens is 252 g/mol. The Labute approximate surface area is 122 Å². The van der Waals surface area contributed by atoms with Crippen LogP contribution in [0.25, 0.3) is 0 Å². The second kappa shape index (κ2) is 6.44. The average Bonchev–Trinajstić information content (AvgIpc) is 2.84. The summed E-state index contributed by atoms with van der Waals surface area (Å²) in [6.07, 6.45) is 1.47. The molecule has 0 aliphatic carbocycles. The summed E-state index contributed by atoms with van der Waals surface area (Å²) < 4.78 is 1.95. The number of hydrogen-bond donors (Lipinski definition) is 2. The van der Waals surface area contributed by atoms with Crippen LogP contribution in [0.3, 0.4) is 0 Å². The van der Waals surface area contributed by atoms with Crippen molar-refractivity contribution in [1.29, 1.82) is 0 Å². The summed E-state index contributed by atoms with van der Waals surface area (Å²) in [5.74, 6) is 0.0779. The molecule has 1 aromatic heterocycles. The topological polar surface area (TPSA) is 54.3 Å². The monoisotopic (exact) mass is 280 g/mol. The molecule has 0 bridgehead atoms. The number of amides is 1. The Hall–Kier alpha value is -1.29. The summed E-state index contributed by atoms with van der Waals surface area (Å²) >= 11 is 0. The Kier molecular flexibility index (Phi) is 5.40. The lowest BCUT2D eigenvalue weighted by molar-refractivity contribution is 0.0137. The van der Waals surface area contributed by atoms with Crippen molar-refractivity contribution in [2.45, 2.75) is 53.7 Å². The molecular formula is C16H28N2O2. The van der Waals surface area contributed by atoms with Gasteiger partial charge in [0.25, 0.3) is 5.91 Å². The first-order chi connectivity index (χ1) is 9.16. The zero-order valence-electron chi connectivity index (χ0n) is 13.5. The molecule has 2 N–H and O–H groups in total. The van der Waals surface area contributed by atoms with E-state index in [1.807, 2.05) is 64.4 Å². The molecule has 0 aliphatic heterocycles. The van der Waals surface area contributed by atoms with Gasteiger partial charge in [-0.1, -0.05) is 27.7 Å². The van der Waals surface area contributed by atoms with E-state index in [1.54, 1.807) is 0 Å². The van der Waals surface area contributed by atoms with Gasteiger partial charge in [-0.25, -0.2) is 0 Å². The summed E-state index contributed by atoms with van der Waals surface area (Å²) in [5.41, 5.74) is 0.314. The summed E-state index contributed by atoms with van der Waals surface area (Å²) in [7, 11) is 0. The largest absolute Gasteiger partial charge is 0.392 e. The molecule has 0 aliphatic rings. The summed E-state index contributed by atoms with van der Waals surface area (Å²) in [6.45, 7) is 12.5. The highest BCUT2D eigenvalue weighted by atomic mass is 16.3. The molecule has 0 spiro atoms. The van der Waals surface area contributed by atoms with Gasteiger partial charge in [0.2, 0.25) is 0 Å². The third-order valence-electron chi connectivity index (χ3n) is 3.70. The molecule has 114 valence electrons. The number of aliphatic hydroxyl groups is 1. The number of nitrogens with one attached hydrogen (secondary N) is 1. The zero-order valence-corrected chi connectivity index (χ0v) is 13.5. The maximum atomic E-state index is 12.3. The molecule has 4 heteroatoms. The minimum atomic E-state index is -0.445. The zero-order chi connectivity index (χ0) is 15.5. The number of aliphatic hydroxyl groups excluding tert-OH is 1. The highest BCUT2D eigenvalue weighted by Crippen LogP contribution is 2.25. The Morgan fingerprint density at radius 1 is 1.35 bits per heavy atom. The summed E-state index contributed by atoms with van der Waals surface area (Å²) in [4.78, 5) is 12.3. The molecule has 1 aromatic rings. The van der Waals surface area contributed by atoms with Crippen molar-refractivity contribution >= 4 is 5.91 Å². The molecule has 1 heterocycles. The quantitative estimate of drug-likeness (QED) is 0.842. The second-order valence-electron chi connectivity index (χ2n) is 6.75. The Bertz CT molecular complexity index is 447. The summed E-state index contributed by atoms with van der Waals surface area (Å²) in [5, 5.41) is 13.1. The lowest BCUT2D eigenvalue weighted by atomic mass is 9.80. The van der Waals surface area contributed by atoms with Gasteiger partial charge in [-0.05, 0) is 31.9 Å². The van der Waals surface area contributed by atoms with E-state index in [1.165, 1.54) is 0 Å². The first-order valence-electron chi connectivity index (χ1n) is 7.30. The first kappa shape index (κ1) is 16.8. The van der Waals surface area contributed by atoms with Gasteiger partial charge >= 0.3 is 0 Å². The predicted molar refractivity (Wildman–Crippen MR) is 81.8 cm³/mol. The van der Waals surface area contributed by atoms with Crippen molar-refractivity contribution in [1.82, 2.24) is 9.88 Å². The van der Waals surface area contributed by atoms with Crippen molar-refractivity contribution in [3.63, 3.8) is 0 Å². The van der Waals surface area contributed by atoms with Crippen LogP contribution >= 0.6 is 0 Å². The molecule has 20 heavy (non-hydrogen) atoms. The lowest BCUT2D eigenvalue weighted by Gasteiger charge is -2.33. The van der Waals surface area contributed by atoms with Crippen LogP contribution in [0.15, 0.2) is 18.3 Å².